The van der Waals surface area contributed by atoms with Gasteiger partial charge in [-0.3, -0.25) is 4.79 Å². The van der Waals surface area contributed by atoms with Crippen molar-refractivity contribution in [3.63, 3.8) is 0 Å². The lowest BCUT2D eigenvalue weighted by Gasteiger charge is -2.12. The first kappa shape index (κ1) is 14.2. The molecule has 1 atom stereocenters. The number of carbonyl (C=O) groups excluding carboxylic acids is 1. The summed E-state index contributed by atoms with van der Waals surface area (Å²) in [6.07, 6.45) is 0.501. The van der Waals surface area contributed by atoms with Crippen molar-refractivity contribution < 1.29 is 9.90 Å². The predicted molar refractivity (Wildman–Crippen MR) is 79.1 cm³/mol. The van der Waals surface area contributed by atoms with Gasteiger partial charge >= 0.3 is 0 Å². The number of carbonyl (C=O) groups is 1. The SMILES string of the molecule is NC(Cc1ccccc1)C(=O)Nc1ccc(CO)cc1. The number of aliphatic hydroxyl groups is 1. The molecule has 0 spiro atoms. The molecule has 2 aromatic rings. The Labute approximate surface area is 118 Å². The second-order valence-corrected chi connectivity index (χ2v) is 4.64. The maximum atomic E-state index is 12.0. The van der Waals surface area contributed by atoms with Crippen LogP contribution >= 0.6 is 0 Å². The molecular formula is C16H18N2O2. The lowest BCUT2D eigenvalue weighted by atomic mass is 10.1. The number of aliphatic hydroxyl groups excluding tert-OH is 1. The first-order chi connectivity index (χ1) is 9.69. The van der Waals surface area contributed by atoms with E-state index in [0.717, 1.165) is 11.1 Å². The van der Waals surface area contributed by atoms with Gasteiger partial charge in [0.15, 0.2) is 0 Å². The van der Waals surface area contributed by atoms with Gasteiger partial charge in [0.2, 0.25) is 5.91 Å². The minimum Gasteiger partial charge on any atom is -0.392 e. The average molecular weight is 270 g/mol. The molecule has 4 N–H and O–H groups in total. The predicted octanol–water partition coefficient (Wildman–Crippen LogP) is 1.69. The maximum absolute atomic E-state index is 12.0. The van der Waals surface area contributed by atoms with E-state index in [1.807, 2.05) is 30.3 Å². The van der Waals surface area contributed by atoms with Crippen LogP contribution in [0.25, 0.3) is 0 Å². The van der Waals surface area contributed by atoms with Crippen LogP contribution in [0.3, 0.4) is 0 Å². The van der Waals surface area contributed by atoms with E-state index >= 15 is 0 Å². The first-order valence-corrected chi connectivity index (χ1v) is 6.49. The molecule has 1 amide bonds. The Morgan fingerprint density at radius 3 is 2.30 bits per heavy atom. The first-order valence-electron chi connectivity index (χ1n) is 6.49. The highest BCUT2D eigenvalue weighted by Gasteiger charge is 2.14. The number of rotatable bonds is 5. The van der Waals surface area contributed by atoms with Gasteiger partial charge in [0.25, 0.3) is 0 Å². The molecule has 0 heterocycles. The summed E-state index contributed by atoms with van der Waals surface area (Å²) in [4.78, 5) is 12.0. The number of anilines is 1. The molecule has 2 rings (SSSR count). The van der Waals surface area contributed by atoms with Gasteiger partial charge in [-0.1, -0.05) is 42.5 Å². The second kappa shape index (κ2) is 6.84. The van der Waals surface area contributed by atoms with Crippen molar-refractivity contribution in [1.82, 2.24) is 0 Å². The molecular weight excluding hydrogens is 252 g/mol. The molecule has 20 heavy (non-hydrogen) atoms. The lowest BCUT2D eigenvalue weighted by molar-refractivity contribution is -0.117. The summed E-state index contributed by atoms with van der Waals surface area (Å²) < 4.78 is 0. The van der Waals surface area contributed by atoms with E-state index in [-0.39, 0.29) is 12.5 Å². The summed E-state index contributed by atoms with van der Waals surface area (Å²) in [7, 11) is 0. The van der Waals surface area contributed by atoms with Gasteiger partial charge in [-0.15, -0.1) is 0 Å². The van der Waals surface area contributed by atoms with Crippen molar-refractivity contribution in [3.05, 3.63) is 65.7 Å². The highest BCUT2D eigenvalue weighted by molar-refractivity contribution is 5.94. The van der Waals surface area contributed by atoms with Gasteiger partial charge in [-0.2, -0.15) is 0 Å². The number of amides is 1. The Bertz CT molecular complexity index is 552. The summed E-state index contributed by atoms with van der Waals surface area (Å²) in [6, 6.07) is 16.1. The summed E-state index contributed by atoms with van der Waals surface area (Å²) in [5.74, 6) is -0.217. The Hall–Kier alpha value is -2.17. The zero-order valence-corrected chi connectivity index (χ0v) is 11.1. The lowest BCUT2D eigenvalue weighted by Crippen LogP contribution is -2.37. The topological polar surface area (TPSA) is 75.4 Å². The fourth-order valence-corrected chi connectivity index (χ4v) is 1.89. The molecule has 4 heteroatoms. The number of nitrogens with two attached hydrogens (primary N) is 1. The quantitative estimate of drug-likeness (QED) is 0.774. The third-order valence-corrected chi connectivity index (χ3v) is 3.04. The third-order valence-electron chi connectivity index (χ3n) is 3.04. The van der Waals surface area contributed by atoms with E-state index in [1.54, 1.807) is 24.3 Å². The van der Waals surface area contributed by atoms with Crippen LogP contribution in [0.5, 0.6) is 0 Å². The van der Waals surface area contributed by atoms with E-state index in [0.29, 0.717) is 12.1 Å². The van der Waals surface area contributed by atoms with Crippen LogP contribution in [0.15, 0.2) is 54.6 Å². The van der Waals surface area contributed by atoms with Gasteiger partial charge in [0.05, 0.1) is 12.6 Å². The average Bonchev–Trinajstić information content (AvgIpc) is 2.49. The van der Waals surface area contributed by atoms with Crippen LogP contribution in [0.4, 0.5) is 5.69 Å². The van der Waals surface area contributed by atoms with Gasteiger partial charge < -0.3 is 16.2 Å². The zero-order chi connectivity index (χ0) is 14.4. The number of nitrogens with one attached hydrogen (secondary N) is 1. The molecule has 104 valence electrons. The Morgan fingerprint density at radius 1 is 1.05 bits per heavy atom. The molecule has 2 aromatic carbocycles. The Morgan fingerprint density at radius 2 is 1.70 bits per heavy atom. The van der Waals surface area contributed by atoms with Crippen molar-refractivity contribution in [3.8, 4) is 0 Å². The largest absolute Gasteiger partial charge is 0.392 e. The number of hydrogen-bond acceptors (Lipinski definition) is 3. The van der Waals surface area contributed by atoms with E-state index in [2.05, 4.69) is 5.32 Å². The molecule has 0 aromatic heterocycles. The normalized spacial score (nSPS) is 11.9. The van der Waals surface area contributed by atoms with E-state index in [1.165, 1.54) is 0 Å². The van der Waals surface area contributed by atoms with Gasteiger partial charge in [0, 0.05) is 5.69 Å². The molecule has 0 saturated heterocycles. The molecule has 0 aliphatic carbocycles. The summed E-state index contributed by atoms with van der Waals surface area (Å²) >= 11 is 0. The highest BCUT2D eigenvalue weighted by Crippen LogP contribution is 2.10. The van der Waals surface area contributed by atoms with Crippen LogP contribution < -0.4 is 11.1 Å². The van der Waals surface area contributed by atoms with Crippen molar-refractivity contribution in [2.45, 2.75) is 19.1 Å². The highest BCUT2D eigenvalue weighted by atomic mass is 16.3. The smallest absolute Gasteiger partial charge is 0.241 e. The van der Waals surface area contributed by atoms with Gasteiger partial charge in [-0.25, -0.2) is 0 Å². The number of benzene rings is 2. The summed E-state index contributed by atoms with van der Waals surface area (Å²) in [6.45, 7) is -0.0122. The minimum atomic E-state index is -0.588. The molecule has 0 aliphatic heterocycles. The van der Waals surface area contributed by atoms with Crippen molar-refractivity contribution in [2.75, 3.05) is 5.32 Å². The molecule has 1 unspecified atom stereocenters. The Kier molecular flexibility index (Phi) is 4.87. The van der Waals surface area contributed by atoms with E-state index in [9.17, 15) is 4.79 Å². The zero-order valence-electron chi connectivity index (χ0n) is 11.1. The van der Waals surface area contributed by atoms with Crippen molar-refractivity contribution in [1.29, 1.82) is 0 Å². The summed E-state index contributed by atoms with van der Waals surface area (Å²) in [5.41, 5.74) is 8.41. The second-order valence-electron chi connectivity index (χ2n) is 4.64. The van der Waals surface area contributed by atoms with Crippen LogP contribution in [0.1, 0.15) is 11.1 Å². The molecule has 0 fully saturated rings. The fourth-order valence-electron chi connectivity index (χ4n) is 1.89. The van der Waals surface area contributed by atoms with Crippen molar-refractivity contribution >= 4 is 11.6 Å². The van der Waals surface area contributed by atoms with Crippen LogP contribution in [0, 0.1) is 0 Å². The Balaban J connectivity index is 1.93. The molecule has 0 saturated carbocycles. The van der Waals surface area contributed by atoms with Gasteiger partial charge in [0.1, 0.15) is 0 Å². The fraction of sp³-hybridized carbons (Fsp3) is 0.188. The molecule has 0 radical (unpaired) electrons. The molecule has 4 nitrogen and oxygen atoms in total. The van der Waals surface area contributed by atoms with Gasteiger partial charge in [-0.05, 0) is 29.7 Å². The van der Waals surface area contributed by atoms with Crippen LogP contribution in [-0.4, -0.2) is 17.1 Å². The van der Waals surface area contributed by atoms with E-state index < -0.39 is 6.04 Å². The summed E-state index contributed by atoms with van der Waals surface area (Å²) in [5, 5.41) is 11.7. The van der Waals surface area contributed by atoms with E-state index in [4.69, 9.17) is 10.8 Å². The van der Waals surface area contributed by atoms with Crippen molar-refractivity contribution in [2.24, 2.45) is 5.73 Å². The van der Waals surface area contributed by atoms with Crippen LogP contribution in [-0.2, 0) is 17.8 Å². The third kappa shape index (κ3) is 3.91. The standard InChI is InChI=1S/C16H18N2O2/c17-15(10-12-4-2-1-3-5-12)16(20)18-14-8-6-13(11-19)7-9-14/h1-9,15,19H,10-11,17H2,(H,18,20). The number of hydrogen-bond donors (Lipinski definition) is 3. The monoisotopic (exact) mass is 270 g/mol. The maximum Gasteiger partial charge on any atom is 0.241 e. The molecule has 0 bridgehead atoms. The minimum absolute atomic E-state index is 0.0122. The van der Waals surface area contributed by atoms with Crippen LogP contribution in [0.2, 0.25) is 0 Å². The molecule has 0 aliphatic rings.